The van der Waals surface area contributed by atoms with Crippen LogP contribution in [0.3, 0.4) is 0 Å². The number of anilines is 3. The predicted octanol–water partition coefficient (Wildman–Crippen LogP) is 11.1. The molecule has 1 aliphatic carbocycles. The number of aromatic amines is 2. The molecule has 2 N–H and O–H groups in total. The number of H-pyrrole nitrogens is 2. The van der Waals surface area contributed by atoms with Gasteiger partial charge in [0, 0.05) is 45.0 Å². The van der Waals surface area contributed by atoms with Gasteiger partial charge in [0.2, 0.25) is 0 Å². The first kappa shape index (κ1) is 28.1. The number of hydrogen-bond donors (Lipinski definition) is 2. The van der Waals surface area contributed by atoms with E-state index < -0.39 is 0 Å². The Kier molecular flexibility index (Phi) is 6.28. The van der Waals surface area contributed by atoms with Crippen LogP contribution in [0.25, 0.3) is 55.2 Å². The number of hydrogen-bond acceptors (Lipinski definition) is 2. The number of nitrogens with zero attached hydrogens (tertiary/aromatic N) is 1. The maximum absolute atomic E-state index is 12.6. The van der Waals surface area contributed by atoms with Gasteiger partial charge >= 0.3 is 0 Å². The van der Waals surface area contributed by atoms with Gasteiger partial charge in [0.05, 0.1) is 5.52 Å². The lowest BCUT2D eigenvalue weighted by Gasteiger charge is -2.28. The SMILES string of the molecule is CC1(C)c2ccccc2-c2ccc(N(c3ccc(-c4ccccc4)cc3)c3ccc(-c4cccc5c4[nH]c4c(=O)[nH]ccc45)cc3)cc21. The van der Waals surface area contributed by atoms with Crippen LogP contribution in [0.5, 0.6) is 0 Å². The van der Waals surface area contributed by atoms with E-state index in [0.29, 0.717) is 5.52 Å². The van der Waals surface area contributed by atoms with Crippen molar-refractivity contribution < 1.29 is 0 Å². The van der Waals surface area contributed by atoms with Gasteiger partial charge in [0.15, 0.2) is 0 Å². The summed E-state index contributed by atoms with van der Waals surface area (Å²) < 4.78 is 0. The van der Waals surface area contributed by atoms with E-state index in [0.717, 1.165) is 44.5 Å². The molecule has 8 aromatic rings. The van der Waals surface area contributed by atoms with E-state index >= 15 is 0 Å². The summed E-state index contributed by atoms with van der Waals surface area (Å²) in [7, 11) is 0. The highest BCUT2D eigenvalue weighted by atomic mass is 16.1. The predicted molar refractivity (Wildman–Crippen MR) is 200 cm³/mol. The average molecular weight is 620 g/mol. The number of fused-ring (bicyclic) bond motifs is 6. The van der Waals surface area contributed by atoms with Crippen LogP contribution in [-0.2, 0) is 5.41 Å². The second-order valence-corrected chi connectivity index (χ2v) is 13.1. The monoisotopic (exact) mass is 619 g/mol. The van der Waals surface area contributed by atoms with Gasteiger partial charge in [-0.2, -0.15) is 0 Å². The quantitative estimate of drug-likeness (QED) is 0.201. The van der Waals surface area contributed by atoms with Crippen molar-refractivity contribution in [3.05, 3.63) is 173 Å². The zero-order chi connectivity index (χ0) is 32.4. The van der Waals surface area contributed by atoms with Gasteiger partial charge in [-0.05, 0) is 81.4 Å². The molecule has 2 heterocycles. The Balaban J connectivity index is 1.17. The molecule has 230 valence electrons. The highest BCUT2D eigenvalue weighted by molar-refractivity contribution is 6.11. The van der Waals surface area contributed by atoms with Crippen molar-refractivity contribution in [3.8, 4) is 33.4 Å². The van der Waals surface area contributed by atoms with Gasteiger partial charge in [-0.3, -0.25) is 4.79 Å². The van der Waals surface area contributed by atoms with Gasteiger partial charge in [-0.1, -0.05) is 117 Å². The first-order valence-corrected chi connectivity index (χ1v) is 16.4. The smallest absolute Gasteiger partial charge is 0.272 e. The second-order valence-electron chi connectivity index (χ2n) is 13.1. The van der Waals surface area contributed by atoms with Crippen LogP contribution in [0.15, 0.2) is 157 Å². The molecule has 0 bridgehead atoms. The first-order chi connectivity index (χ1) is 23.5. The van der Waals surface area contributed by atoms with Crippen molar-refractivity contribution in [1.29, 1.82) is 0 Å². The molecule has 4 nitrogen and oxygen atoms in total. The Morgan fingerprint density at radius 2 is 1.10 bits per heavy atom. The number of rotatable bonds is 5. The molecule has 0 radical (unpaired) electrons. The summed E-state index contributed by atoms with van der Waals surface area (Å²) >= 11 is 0. The van der Waals surface area contributed by atoms with Crippen LogP contribution in [0, 0.1) is 0 Å². The molecule has 0 amide bonds. The van der Waals surface area contributed by atoms with Crippen molar-refractivity contribution >= 4 is 38.9 Å². The highest BCUT2D eigenvalue weighted by Gasteiger charge is 2.35. The van der Waals surface area contributed by atoms with Gasteiger partial charge in [0.25, 0.3) is 5.56 Å². The Bertz CT molecular complexity index is 2540. The lowest BCUT2D eigenvalue weighted by Crippen LogP contribution is -2.16. The van der Waals surface area contributed by atoms with Crippen LogP contribution in [-0.4, -0.2) is 9.97 Å². The Morgan fingerprint density at radius 1 is 0.500 bits per heavy atom. The number of aromatic nitrogens is 2. The molecule has 4 heteroatoms. The summed E-state index contributed by atoms with van der Waals surface area (Å²) in [5.41, 5.74) is 14.5. The topological polar surface area (TPSA) is 51.9 Å². The average Bonchev–Trinajstić information content (AvgIpc) is 3.63. The summed E-state index contributed by atoms with van der Waals surface area (Å²) in [5.74, 6) is 0. The summed E-state index contributed by atoms with van der Waals surface area (Å²) in [6.45, 7) is 4.65. The Hall–Kier alpha value is -6.13. The van der Waals surface area contributed by atoms with Gasteiger partial charge < -0.3 is 14.9 Å². The minimum Gasteiger partial charge on any atom is -0.349 e. The van der Waals surface area contributed by atoms with E-state index in [9.17, 15) is 4.79 Å². The van der Waals surface area contributed by atoms with E-state index in [2.05, 4.69) is 168 Å². The second kappa shape index (κ2) is 10.7. The van der Waals surface area contributed by atoms with Gasteiger partial charge in [-0.25, -0.2) is 0 Å². The van der Waals surface area contributed by atoms with Crippen molar-refractivity contribution in [2.24, 2.45) is 0 Å². The highest BCUT2D eigenvalue weighted by Crippen LogP contribution is 2.50. The number of benzene rings is 6. The van der Waals surface area contributed by atoms with E-state index in [1.807, 2.05) is 6.07 Å². The molecule has 0 saturated carbocycles. The summed E-state index contributed by atoms with van der Waals surface area (Å²) in [4.78, 5) is 21.1. The molecule has 9 rings (SSSR count). The van der Waals surface area contributed by atoms with Crippen LogP contribution in [0.2, 0.25) is 0 Å². The van der Waals surface area contributed by atoms with Crippen LogP contribution >= 0.6 is 0 Å². The van der Waals surface area contributed by atoms with Gasteiger partial charge in [-0.15, -0.1) is 0 Å². The fraction of sp³-hybridized carbons (Fsp3) is 0.0682. The number of pyridine rings is 1. The molecular formula is C44H33N3O. The molecule has 1 aliphatic rings. The largest absolute Gasteiger partial charge is 0.349 e. The third-order valence-electron chi connectivity index (χ3n) is 10.1. The van der Waals surface area contributed by atoms with Crippen molar-refractivity contribution in [3.63, 3.8) is 0 Å². The molecule has 0 saturated heterocycles. The third kappa shape index (κ3) is 4.34. The summed E-state index contributed by atoms with van der Waals surface area (Å²) in [6.07, 6.45) is 1.71. The lowest BCUT2D eigenvalue weighted by atomic mass is 9.82. The normalized spacial score (nSPS) is 13.0. The van der Waals surface area contributed by atoms with Crippen molar-refractivity contribution in [2.45, 2.75) is 19.3 Å². The Labute approximate surface area is 279 Å². The minimum atomic E-state index is -0.112. The van der Waals surface area contributed by atoms with Crippen LogP contribution in [0.4, 0.5) is 17.1 Å². The molecule has 0 atom stereocenters. The maximum Gasteiger partial charge on any atom is 0.272 e. The van der Waals surface area contributed by atoms with E-state index in [4.69, 9.17) is 0 Å². The molecule has 0 unspecified atom stereocenters. The lowest BCUT2D eigenvalue weighted by molar-refractivity contribution is 0.660. The van der Waals surface area contributed by atoms with Crippen LogP contribution in [0.1, 0.15) is 25.0 Å². The zero-order valence-corrected chi connectivity index (χ0v) is 26.8. The van der Waals surface area contributed by atoms with Crippen LogP contribution < -0.4 is 10.5 Å². The molecular weight excluding hydrogens is 587 g/mol. The maximum atomic E-state index is 12.6. The fourth-order valence-electron chi connectivity index (χ4n) is 7.61. The molecule has 0 fully saturated rings. The van der Waals surface area contributed by atoms with Crippen molar-refractivity contribution in [2.75, 3.05) is 4.90 Å². The van der Waals surface area contributed by atoms with E-state index in [-0.39, 0.29) is 11.0 Å². The summed E-state index contributed by atoms with van der Waals surface area (Å²) in [5, 5.41) is 1.97. The molecule has 0 spiro atoms. The number of para-hydroxylation sites is 1. The zero-order valence-electron chi connectivity index (χ0n) is 26.8. The minimum absolute atomic E-state index is 0.103. The van der Waals surface area contributed by atoms with E-state index in [1.54, 1.807) is 6.20 Å². The first-order valence-electron chi connectivity index (χ1n) is 16.4. The molecule has 0 aliphatic heterocycles. The summed E-state index contributed by atoms with van der Waals surface area (Å²) in [6, 6.07) is 52.0. The molecule has 2 aromatic heterocycles. The van der Waals surface area contributed by atoms with E-state index in [1.165, 1.54) is 33.4 Å². The molecule has 6 aromatic carbocycles. The Morgan fingerprint density at radius 3 is 1.88 bits per heavy atom. The standard InChI is InChI=1S/C44H33N3O/c1-44(2)39-14-7-6-11-35(39)36-24-23-33(27-40(36)44)47(31-19-15-29(16-20-31)28-9-4-3-5-10-28)32-21-17-30(18-22-32)34-12-8-13-37-38-25-26-45-43(48)42(38)46-41(34)37/h3-27,46H,1-2H3,(H,45,48). The van der Waals surface area contributed by atoms with Gasteiger partial charge in [0.1, 0.15) is 5.52 Å². The number of nitrogens with one attached hydrogen (secondary N) is 2. The van der Waals surface area contributed by atoms with Crippen molar-refractivity contribution in [1.82, 2.24) is 9.97 Å². The third-order valence-corrected chi connectivity index (χ3v) is 10.1. The molecule has 48 heavy (non-hydrogen) atoms. The fourth-order valence-corrected chi connectivity index (χ4v) is 7.61.